The lowest BCUT2D eigenvalue weighted by atomic mass is 9.97. The summed E-state index contributed by atoms with van der Waals surface area (Å²) < 4.78 is 21.9. The molecule has 1 saturated carbocycles. The van der Waals surface area contributed by atoms with Crippen molar-refractivity contribution in [3.8, 4) is 5.88 Å². The van der Waals surface area contributed by atoms with Crippen LogP contribution in [-0.4, -0.2) is 51.9 Å². The molecule has 0 spiro atoms. The number of halogens is 2. The predicted octanol–water partition coefficient (Wildman–Crippen LogP) is 4.30. The van der Waals surface area contributed by atoms with E-state index in [0.717, 1.165) is 15.0 Å². The monoisotopic (exact) mass is 590 g/mol. The average molecular weight is 592 g/mol. The molecule has 4 heterocycles. The molecule has 1 fully saturated rings. The van der Waals surface area contributed by atoms with E-state index < -0.39 is 12.2 Å². The van der Waals surface area contributed by atoms with Gasteiger partial charge in [0.25, 0.3) is 5.91 Å². The molecule has 0 bridgehead atoms. The number of fused-ring (bicyclic) bond motifs is 1. The van der Waals surface area contributed by atoms with Crippen LogP contribution in [0.5, 0.6) is 5.88 Å². The first-order chi connectivity index (χ1) is 17.8. The molecule has 3 aromatic rings. The van der Waals surface area contributed by atoms with Crippen LogP contribution in [0.2, 0.25) is 0 Å². The predicted molar refractivity (Wildman–Crippen MR) is 143 cm³/mol. The van der Waals surface area contributed by atoms with Crippen LogP contribution in [0.4, 0.5) is 15.8 Å². The molecule has 0 radical (unpaired) electrons. The molecule has 1 aliphatic heterocycles. The number of alkyl halides is 1. The molecule has 37 heavy (non-hydrogen) atoms. The van der Waals surface area contributed by atoms with Gasteiger partial charge in [0, 0.05) is 28.8 Å². The number of pyridine rings is 1. The molecule has 0 saturated heterocycles. The van der Waals surface area contributed by atoms with Crippen molar-refractivity contribution in [1.29, 1.82) is 0 Å². The van der Waals surface area contributed by atoms with E-state index in [1.165, 1.54) is 11.3 Å². The Kier molecular flexibility index (Phi) is 7.75. The second-order valence-electron chi connectivity index (χ2n) is 9.44. The van der Waals surface area contributed by atoms with E-state index in [9.17, 15) is 14.0 Å². The summed E-state index contributed by atoms with van der Waals surface area (Å²) >= 11 is 4.85. The molecule has 0 unspecified atom stereocenters. The van der Waals surface area contributed by atoms with Crippen molar-refractivity contribution in [3.05, 3.63) is 51.0 Å². The third kappa shape index (κ3) is 6.30. The number of hydrogen-bond acceptors (Lipinski definition) is 7. The first-order valence-corrected chi connectivity index (χ1v) is 13.8. The van der Waals surface area contributed by atoms with Gasteiger partial charge >= 0.3 is 0 Å². The smallest absolute Gasteiger partial charge is 0.262 e. The van der Waals surface area contributed by atoms with Gasteiger partial charge in [0.1, 0.15) is 24.5 Å². The van der Waals surface area contributed by atoms with Crippen molar-refractivity contribution in [2.75, 3.05) is 23.4 Å². The van der Waals surface area contributed by atoms with E-state index in [1.54, 1.807) is 36.4 Å². The van der Waals surface area contributed by atoms with Crippen molar-refractivity contribution in [2.45, 2.75) is 44.4 Å². The van der Waals surface area contributed by atoms with Crippen LogP contribution in [0.15, 0.2) is 41.3 Å². The fourth-order valence-electron chi connectivity index (χ4n) is 4.80. The number of carbonyl (C=O) groups excluding carboxylic acids is 2. The topological polar surface area (TPSA) is 101 Å². The molecule has 2 amide bonds. The molecule has 9 nitrogen and oxygen atoms in total. The highest BCUT2D eigenvalue weighted by Crippen LogP contribution is 2.34. The first-order valence-electron chi connectivity index (χ1n) is 12.2. The van der Waals surface area contributed by atoms with Crippen molar-refractivity contribution in [3.63, 3.8) is 0 Å². The van der Waals surface area contributed by atoms with Crippen LogP contribution in [0.25, 0.3) is 0 Å². The van der Waals surface area contributed by atoms with Crippen molar-refractivity contribution in [1.82, 2.24) is 20.1 Å². The number of carbonyl (C=O) groups is 2. The Morgan fingerprint density at radius 3 is 2.95 bits per heavy atom. The Bertz CT molecular complexity index is 1280. The number of ether oxygens (including phenoxy) is 1. The third-order valence-electron chi connectivity index (χ3n) is 6.61. The minimum atomic E-state index is -0.844. The SMILES string of the molecule is Cn1cc(NC(=O)[C@H](C[C@H]2CC[C@@H](F)C2)NC(=O)c2ccc(CN3CCOc4ncc(Br)cc43)s2)cn1. The quantitative estimate of drug-likeness (QED) is 0.405. The number of hydrogen-bond donors (Lipinski definition) is 2. The van der Waals surface area contributed by atoms with Gasteiger partial charge in [0.05, 0.1) is 29.9 Å². The lowest BCUT2D eigenvalue weighted by Crippen LogP contribution is -2.44. The molecule has 2 aliphatic rings. The molecular weight excluding hydrogens is 563 g/mol. The zero-order valence-electron chi connectivity index (χ0n) is 20.3. The summed E-state index contributed by atoms with van der Waals surface area (Å²) in [5.74, 6) is -0.00495. The Labute approximate surface area is 226 Å². The van der Waals surface area contributed by atoms with Crippen LogP contribution in [-0.2, 0) is 18.4 Å². The summed E-state index contributed by atoms with van der Waals surface area (Å²) in [6.45, 7) is 1.85. The summed E-state index contributed by atoms with van der Waals surface area (Å²) in [5, 5.41) is 9.79. The summed E-state index contributed by atoms with van der Waals surface area (Å²) in [6.07, 6.45) is 6.12. The zero-order chi connectivity index (χ0) is 25.9. The van der Waals surface area contributed by atoms with E-state index in [4.69, 9.17) is 4.74 Å². The van der Waals surface area contributed by atoms with Crippen LogP contribution in [0.1, 0.15) is 40.2 Å². The zero-order valence-corrected chi connectivity index (χ0v) is 22.7. The van der Waals surface area contributed by atoms with E-state index in [-0.39, 0.29) is 17.7 Å². The number of aromatic nitrogens is 3. The third-order valence-corrected chi connectivity index (χ3v) is 8.11. The van der Waals surface area contributed by atoms with Gasteiger partial charge < -0.3 is 20.3 Å². The van der Waals surface area contributed by atoms with Crippen LogP contribution in [0.3, 0.4) is 0 Å². The highest BCUT2D eigenvalue weighted by molar-refractivity contribution is 9.10. The van der Waals surface area contributed by atoms with Gasteiger partial charge in [-0.3, -0.25) is 14.3 Å². The lowest BCUT2D eigenvalue weighted by Gasteiger charge is -2.30. The fourth-order valence-corrected chi connectivity index (χ4v) is 6.05. The highest BCUT2D eigenvalue weighted by Gasteiger charge is 2.31. The Hall–Kier alpha value is -2.99. The molecule has 12 heteroatoms. The standard InChI is InChI=1S/C25H28BrFN6O3S/c1-32-13-18(12-29-32)30-23(34)20(9-15-2-3-17(27)8-15)31-24(35)22-5-4-19(37-22)14-33-6-7-36-25-21(33)10-16(26)11-28-25/h4-5,10-13,15,17,20H,2-3,6-9,14H2,1H3,(H,30,34)(H,31,35)/t15-,17+,20-/m0/s1. The van der Waals surface area contributed by atoms with Crippen molar-refractivity contribution < 1.29 is 18.7 Å². The normalized spacial score (nSPS) is 19.7. The summed E-state index contributed by atoms with van der Waals surface area (Å²) in [6, 6.07) is 4.90. The fraction of sp³-hybridized carbons (Fsp3) is 0.440. The second-order valence-corrected chi connectivity index (χ2v) is 11.5. The number of nitrogens with one attached hydrogen (secondary N) is 2. The second kappa shape index (κ2) is 11.2. The van der Waals surface area contributed by atoms with Crippen LogP contribution in [0, 0.1) is 5.92 Å². The van der Waals surface area contributed by atoms with Gasteiger partial charge in [-0.2, -0.15) is 5.10 Å². The van der Waals surface area contributed by atoms with Crippen LogP contribution >= 0.6 is 27.3 Å². The van der Waals surface area contributed by atoms with Gasteiger partial charge in [-0.25, -0.2) is 9.37 Å². The molecule has 3 aromatic heterocycles. The Morgan fingerprint density at radius 2 is 2.19 bits per heavy atom. The molecule has 0 aromatic carbocycles. The number of thiophene rings is 1. The summed E-state index contributed by atoms with van der Waals surface area (Å²) in [5.41, 5.74) is 1.45. The highest BCUT2D eigenvalue weighted by atomic mass is 79.9. The van der Waals surface area contributed by atoms with E-state index >= 15 is 0 Å². The minimum Gasteiger partial charge on any atom is -0.474 e. The number of rotatable bonds is 8. The number of aryl methyl sites for hydroxylation is 1. The van der Waals surface area contributed by atoms with E-state index in [2.05, 4.69) is 41.5 Å². The molecule has 3 atom stereocenters. The number of amides is 2. The maximum absolute atomic E-state index is 13.8. The molecular formula is C25H28BrFN6O3S. The minimum absolute atomic E-state index is 0.0492. The van der Waals surface area contributed by atoms with Gasteiger partial charge in [0.15, 0.2) is 0 Å². The van der Waals surface area contributed by atoms with Crippen LogP contribution < -0.4 is 20.3 Å². The van der Waals surface area contributed by atoms with Gasteiger partial charge in [-0.15, -0.1) is 11.3 Å². The Morgan fingerprint density at radius 1 is 1.32 bits per heavy atom. The Balaban J connectivity index is 1.26. The maximum Gasteiger partial charge on any atom is 0.262 e. The summed E-state index contributed by atoms with van der Waals surface area (Å²) in [7, 11) is 1.76. The summed E-state index contributed by atoms with van der Waals surface area (Å²) in [4.78, 5) is 34.3. The first kappa shape index (κ1) is 25.7. The molecule has 1 aliphatic carbocycles. The van der Waals surface area contributed by atoms with E-state index in [1.807, 2.05) is 12.1 Å². The molecule has 2 N–H and O–H groups in total. The lowest BCUT2D eigenvalue weighted by molar-refractivity contribution is -0.118. The van der Waals surface area contributed by atoms with Gasteiger partial charge in [-0.05, 0) is 65.7 Å². The van der Waals surface area contributed by atoms with Gasteiger partial charge in [0.2, 0.25) is 11.8 Å². The largest absolute Gasteiger partial charge is 0.474 e. The maximum atomic E-state index is 13.8. The number of nitrogens with zero attached hydrogens (tertiary/aromatic N) is 4. The molecule has 5 rings (SSSR count). The van der Waals surface area contributed by atoms with Crippen molar-refractivity contribution in [2.24, 2.45) is 13.0 Å². The average Bonchev–Trinajstić information content (AvgIpc) is 3.61. The van der Waals surface area contributed by atoms with E-state index in [0.29, 0.717) is 61.8 Å². The van der Waals surface area contributed by atoms with Gasteiger partial charge in [-0.1, -0.05) is 0 Å². The number of anilines is 2. The van der Waals surface area contributed by atoms with Crippen molar-refractivity contribution >= 4 is 50.5 Å². The molecule has 196 valence electrons.